The van der Waals surface area contributed by atoms with Gasteiger partial charge in [0.25, 0.3) is 0 Å². The number of aliphatic hydroxyl groups is 1. The fourth-order valence-electron chi connectivity index (χ4n) is 2.21. The summed E-state index contributed by atoms with van der Waals surface area (Å²) >= 11 is 2.30. The summed E-state index contributed by atoms with van der Waals surface area (Å²) < 4.78 is 1.24. The summed E-state index contributed by atoms with van der Waals surface area (Å²) in [5, 5.41) is 13.5. The Kier molecular flexibility index (Phi) is 4.61. The van der Waals surface area contributed by atoms with Crippen LogP contribution in [0.2, 0.25) is 0 Å². The maximum Gasteiger partial charge on any atom is 0.0733 e. The minimum absolute atomic E-state index is 0.250. The number of aliphatic hydroxyl groups excluding tert-OH is 1. The normalized spacial score (nSPS) is 23.0. The Morgan fingerprint density at radius 2 is 2.06 bits per heavy atom. The quantitative estimate of drug-likeness (QED) is 0.834. The number of hydrogen-bond acceptors (Lipinski definition) is 2. The van der Waals surface area contributed by atoms with Gasteiger partial charge in [0.05, 0.1) is 6.10 Å². The molecule has 1 aliphatic rings. The van der Waals surface area contributed by atoms with Gasteiger partial charge in [-0.25, -0.2) is 0 Å². The third-order valence-corrected chi connectivity index (χ3v) is 3.89. The van der Waals surface area contributed by atoms with Crippen molar-refractivity contribution in [1.82, 2.24) is 5.32 Å². The van der Waals surface area contributed by atoms with E-state index in [1.165, 1.54) is 22.0 Å². The minimum atomic E-state index is -0.250. The second kappa shape index (κ2) is 5.98. The predicted molar refractivity (Wildman–Crippen MR) is 74.5 cm³/mol. The lowest BCUT2D eigenvalue weighted by atomic mass is 9.95. The van der Waals surface area contributed by atoms with Gasteiger partial charge in [0.15, 0.2) is 0 Å². The topological polar surface area (TPSA) is 32.3 Å². The number of piperidine rings is 1. The SMILES string of the molecule is OC(Cc1ccc(I)cc1)C1CCCCN1. The first-order valence-corrected chi connectivity index (χ1v) is 6.99. The maximum absolute atomic E-state index is 10.1. The Balaban J connectivity index is 1.90. The van der Waals surface area contributed by atoms with Gasteiger partial charge in [-0.15, -0.1) is 0 Å². The van der Waals surface area contributed by atoms with Crippen LogP contribution in [0.15, 0.2) is 24.3 Å². The Hall–Kier alpha value is -0.130. The van der Waals surface area contributed by atoms with E-state index in [-0.39, 0.29) is 12.1 Å². The van der Waals surface area contributed by atoms with Gasteiger partial charge in [-0.05, 0) is 66.1 Å². The molecule has 16 heavy (non-hydrogen) atoms. The van der Waals surface area contributed by atoms with Crippen molar-refractivity contribution in [3.63, 3.8) is 0 Å². The summed E-state index contributed by atoms with van der Waals surface area (Å²) in [5.74, 6) is 0. The number of benzene rings is 1. The van der Waals surface area contributed by atoms with Crippen molar-refractivity contribution in [3.05, 3.63) is 33.4 Å². The molecule has 1 saturated heterocycles. The molecular weight excluding hydrogens is 313 g/mol. The first-order chi connectivity index (χ1) is 7.75. The lowest BCUT2D eigenvalue weighted by Gasteiger charge is -2.28. The molecule has 0 saturated carbocycles. The highest BCUT2D eigenvalue weighted by Crippen LogP contribution is 2.15. The second-order valence-corrected chi connectivity index (χ2v) is 5.70. The highest BCUT2D eigenvalue weighted by Gasteiger charge is 2.20. The van der Waals surface area contributed by atoms with E-state index in [0.29, 0.717) is 0 Å². The number of halogens is 1. The zero-order valence-corrected chi connectivity index (χ0v) is 11.5. The molecule has 2 atom stereocenters. The zero-order chi connectivity index (χ0) is 11.4. The van der Waals surface area contributed by atoms with E-state index in [4.69, 9.17) is 0 Å². The van der Waals surface area contributed by atoms with Crippen LogP contribution in [-0.4, -0.2) is 23.8 Å². The Bertz CT molecular complexity index is 319. The average molecular weight is 331 g/mol. The van der Waals surface area contributed by atoms with E-state index < -0.39 is 0 Å². The predicted octanol–water partition coefficient (Wildman–Crippen LogP) is 2.34. The molecular formula is C13H18INO. The third kappa shape index (κ3) is 3.43. The van der Waals surface area contributed by atoms with Gasteiger partial charge in [-0.1, -0.05) is 18.6 Å². The van der Waals surface area contributed by atoms with Crippen LogP contribution in [0.1, 0.15) is 24.8 Å². The van der Waals surface area contributed by atoms with Crippen molar-refractivity contribution in [3.8, 4) is 0 Å². The standard InChI is InChI=1S/C13H18INO/c14-11-6-4-10(5-7-11)9-13(16)12-3-1-2-8-15-12/h4-7,12-13,15-16H,1-3,8-9H2. The molecule has 0 radical (unpaired) electrons. The molecule has 0 aromatic heterocycles. The van der Waals surface area contributed by atoms with Gasteiger partial charge in [-0.3, -0.25) is 0 Å². The van der Waals surface area contributed by atoms with E-state index in [9.17, 15) is 5.11 Å². The van der Waals surface area contributed by atoms with Crippen molar-refractivity contribution >= 4 is 22.6 Å². The van der Waals surface area contributed by atoms with Gasteiger partial charge in [0.1, 0.15) is 0 Å². The largest absolute Gasteiger partial charge is 0.391 e. The van der Waals surface area contributed by atoms with E-state index in [2.05, 4.69) is 52.2 Å². The molecule has 0 aliphatic carbocycles. The highest BCUT2D eigenvalue weighted by molar-refractivity contribution is 14.1. The lowest BCUT2D eigenvalue weighted by molar-refractivity contribution is 0.113. The molecule has 1 aromatic rings. The first-order valence-electron chi connectivity index (χ1n) is 5.91. The highest BCUT2D eigenvalue weighted by atomic mass is 127. The molecule has 0 bridgehead atoms. The molecule has 1 fully saturated rings. The van der Waals surface area contributed by atoms with Gasteiger partial charge < -0.3 is 10.4 Å². The summed E-state index contributed by atoms with van der Waals surface area (Å²) in [6, 6.07) is 8.68. The molecule has 0 spiro atoms. The van der Waals surface area contributed by atoms with Crippen molar-refractivity contribution in [2.75, 3.05) is 6.54 Å². The molecule has 2 nitrogen and oxygen atoms in total. The second-order valence-electron chi connectivity index (χ2n) is 4.45. The zero-order valence-electron chi connectivity index (χ0n) is 9.32. The molecule has 1 aliphatic heterocycles. The monoisotopic (exact) mass is 331 g/mol. The van der Waals surface area contributed by atoms with E-state index in [1.807, 2.05) is 0 Å². The van der Waals surface area contributed by atoms with E-state index in [1.54, 1.807) is 0 Å². The van der Waals surface area contributed by atoms with Crippen molar-refractivity contribution in [2.24, 2.45) is 0 Å². The summed E-state index contributed by atoms with van der Waals surface area (Å²) in [6.07, 6.45) is 4.09. The van der Waals surface area contributed by atoms with Crippen molar-refractivity contribution < 1.29 is 5.11 Å². The molecule has 3 heteroatoms. The Labute approximate surface area is 111 Å². The van der Waals surface area contributed by atoms with Crippen molar-refractivity contribution in [1.29, 1.82) is 0 Å². The Morgan fingerprint density at radius 1 is 1.31 bits per heavy atom. The summed E-state index contributed by atoms with van der Waals surface area (Å²) in [5.41, 5.74) is 1.22. The Morgan fingerprint density at radius 3 is 2.69 bits per heavy atom. The van der Waals surface area contributed by atoms with Gasteiger partial charge in [-0.2, -0.15) is 0 Å². The number of hydrogen-bond donors (Lipinski definition) is 2. The summed E-state index contributed by atoms with van der Waals surface area (Å²) in [6.45, 7) is 1.05. The average Bonchev–Trinajstić information content (AvgIpc) is 2.33. The van der Waals surface area contributed by atoms with E-state index >= 15 is 0 Å². The van der Waals surface area contributed by atoms with Crippen LogP contribution in [0.3, 0.4) is 0 Å². The van der Waals surface area contributed by atoms with Crippen LogP contribution in [-0.2, 0) is 6.42 Å². The fraction of sp³-hybridized carbons (Fsp3) is 0.538. The molecule has 2 N–H and O–H groups in total. The third-order valence-electron chi connectivity index (χ3n) is 3.17. The molecule has 1 aromatic carbocycles. The smallest absolute Gasteiger partial charge is 0.0733 e. The molecule has 1 heterocycles. The maximum atomic E-state index is 10.1. The number of nitrogens with one attached hydrogen (secondary N) is 1. The van der Waals surface area contributed by atoms with Crippen LogP contribution < -0.4 is 5.32 Å². The first kappa shape index (κ1) is 12.3. The van der Waals surface area contributed by atoms with Gasteiger partial charge in [0.2, 0.25) is 0 Å². The summed E-state index contributed by atoms with van der Waals surface area (Å²) in [7, 11) is 0. The fourth-order valence-corrected chi connectivity index (χ4v) is 2.57. The number of rotatable bonds is 3. The van der Waals surface area contributed by atoms with Gasteiger partial charge in [0, 0.05) is 9.61 Å². The molecule has 2 unspecified atom stereocenters. The van der Waals surface area contributed by atoms with Crippen molar-refractivity contribution in [2.45, 2.75) is 37.8 Å². The van der Waals surface area contributed by atoms with Crippen LogP contribution >= 0.6 is 22.6 Å². The van der Waals surface area contributed by atoms with Crippen LogP contribution in [0.5, 0.6) is 0 Å². The van der Waals surface area contributed by atoms with Crippen LogP contribution in [0.25, 0.3) is 0 Å². The molecule has 0 amide bonds. The molecule has 2 rings (SSSR count). The van der Waals surface area contributed by atoms with E-state index in [0.717, 1.165) is 19.4 Å². The molecule has 88 valence electrons. The lowest BCUT2D eigenvalue weighted by Crippen LogP contribution is -2.44. The summed E-state index contributed by atoms with van der Waals surface area (Å²) in [4.78, 5) is 0. The minimum Gasteiger partial charge on any atom is -0.391 e. The van der Waals surface area contributed by atoms with Gasteiger partial charge >= 0.3 is 0 Å². The van der Waals surface area contributed by atoms with Crippen LogP contribution in [0.4, 0.5) is 0 Å². The van der Waals surface area contributed by atoms with Crippen LogP contribution in [0, 0.1) is 3.57 Å².